The zero-order chi connectivity index (χ0) is 20.1. The van der Waals surface area contributed by atoms with E-state index in [0.717, 1.165) is 23.0 Å². The Bertz CT molecular complexity index is 960. The van der Waals surface area contributed by atoms with Crippen molar-refractivity contribution in [2.75, 3.05) is 11.1 Å². The van der Waals surface area contributed by atoms with Gasteiger partial charge in [-0.25, -0.2) is 4.39 Å². The highest BCUT2D eigenvalue weighted by Gasteiger charge is 2.17. The molecule has 0 saturated heterocycles. The largest absolute Gasteiger partial charge is 0.481 e. The van der Waals surface area contributed by atoms with Gasteiger partial charge in [0, 0.05) is 5.69 Å². The average Bonchev–Trinajstić information content (AvgIpc) is 3.14. The highest BCUT2D eigenvalue weighted by molar-refractivity contribution is 7.99. The summed E-state index contributed by atoms with van der Waals surface area (Å²) in [5, 5.41) is 11.0. The summed E-state index contributed by atoms with van der Waals surface area (Å²) in [5.41, 5.74) is 3.03. The second-order valence-electron chi connectivity index (χ2n) is 6.26. The van der Waals surface area contributed by atoms with Crippen molar-refractivity contribution < 1.29 is 18.3 Å². The van der Waals surface area contributed by atoms with Crippen LogP contribution in [0.15, 0.2) is 52.1 Å². The van der Waals surface area contributed by atoms with Crippen LogP contribution in [0.4, 0.5) is 10.1 Å². The van der Waals surface area contributed by atoms with Gasteiger partial charge in [-0.3, -0.25) is 4.79 Å². The van der Waals surface area contributed by atoms with Crippen LogP contribution >= 0.6 is 11.8 Å². The lowest BCUT2D eigenvalue weighted by molar-refractivity contribution is -0.113. The van der Waals surface area contributed by atoms with Gasteiger partial charge >= 0.3 is 0 Å². The number of carbonyl (C=O) groups excluding carboxylic acids is 1. The molecule has 1 amide bonds. The number of hydrogen-bond acceptors (Lipinski definition) is 6. The number of benzene rings is 2. The highest BCUT2D eigenvalue weighted by atomic mass is 32.2. The summed E-state index contributed by atoms with van der Waals surface area (Å²) in [6.45, 7) is 5.76. The molecule has 0 aliphatic rings. The molecule has 0 aliphatic heterocycles. The topological polar surface area (TPSA) is 77.2 Å². The molecule has 0 spiro atoms. The second-order valence-corrected chi connectivity index (χ2v) is 7.18. The van der Waals surface area contributed by atoms with E-state index in [9.17, 15) is 9.18 Å². The van der Waals surface area contributed by atoms with Crippen LogP contribution in [0, 0.1) is 19.7 Å². The Labute approximate surface area is 166 Å². The monoisotopic (exact) mass is 401 g/mol. The summed E-state index contributed by atoms with van der Waals surface area (Å²) >= 11 is 1.14. The molecule has 28 heavy (non-hydrogen) atoms. The number of carbonyl (C=O) groups is 1. The lowest BCUT2D eigenvalue weighted by atomic mass is 10.1. The van der Waals surface area contributed by atoms with Crippen molar-refractivity contribution in [2.45, 2.75) is 32.1 Å². The number of ether oxygens (including phenoxy) is 1. The molecule has 146 valence electrons. The third-order valence-corrected chi connectivity index (χ3v) is 4.83. The third-order valence-electron chi connectivity index (χ3n) is 4.01. The number of nitrogens with zero attached hydrogens (tertiary/aromatic N) is 2. The Morgan fingerprint density at radius 3 is 2.64 bits per heavy atom. The van der Waals surface area contributed by atoms with Crippen molar-refractivity contribution >= 4 is 23.4 Å². The summed E-state index contributed by atoms with van der Waals surface area (Å²) in [5.74, 6) is 0.413. The van der Waals surface area contributed by atoms with Gasteiger partial charge in [-0.1, -0.05) is 17.8 Å². The zero-order valence-electron chi connectivity index (χ0n) is 15.7. The minimum atomic E-state index is -0.503. The van der Waals surface area contributed by atoms with Crippen LogP contribution in [0.25, 0.3) is 0 Å². The number of hydrogen-bond donors (Lipinski definition) is 1. The minimum Gasteiger partial charge on any atom is -0.481 e. The SMILES string of the molecule is Cc1ccc(NC(=O)CSc2nnc([C@@H](C)Oc3ccc(F)cc3)o2)cc1C. The number of anilines is 1. The number of aromatic nitrogens is 2. The predicted molar refractivity (Wildman–Crippen MR) is 105 cm³/mol. The van der Waals surface area contributed by atoms with Crippen LogP contribution in [0.3, 0.4) is 0 Å². The smallest absolute Gasteiger partial charge is 0.277 e. The Morgan fingerprint density at radius 2 is 1.93 bits per heavy atom. The van der Waals surface area contributed by atoms with Gasteiger partial charge < -0.3 is 14.5 Å². The molecule has 1 N–H and O–H groups in total. The molecule has 6 nitrogen and oxygen atoms in total. The molecule has 2 aromatic carbocycles. The standard InChI is InChI=1S/C20H20FN3O3S/c1-12-4-7-16(10-13(12)2)22-18(25)11-28-20-24-23-19(27-20)14(3)26-17-8-5-15(21)6-9-17/h4-10,14H,11H2,1-3H3,(H,22,25)/t14-/m1/s1. The van der Waals surface area contributed by atoms with Crippen molar-refractivity contribution in [3.63, 3.8) is 0 Å². The molecular weight excluding hydrogens is 381 g/mol. The first-order chi connectivity index (χ1) is 13.4. The molecule has 0 unspecified atom stereocenters. The molecule has 1 atom stereocenters. The lowest BCUT2D eigenvalue weighted by Gasteiger charge is -2.10. The minimum absolute atomic E-state index is 0.141. The summed E-state index contributed by atoms with van der Waals surface area (Å²) in [4.78, 5) is 12.1. The van der Waals surface area contributed by atoms with Crippen molar-refractivity contribution in [1.29, 1.82) is 0 Å². The van der Waals surface area contributed by atoms with Gasteiger partial charge in [-0.15, -0.1) is 10.2 Å². The molecular formula is C20H20FN3O3S. The number of nitrogens with one attached hydrogen (secondary N) is 1. The molecule has 1 aromatic heterocycles. The van der Waals surface area contributed by atoms with Gasteiger partial charge in [0.05, 0.1) is 5.75 Å². The maximum absolute atomic E-state index is 12.9. The van der Waals surface area contributed by atoms with E-state index in [1.54, 1.807) is 6.92 Å². The van der Waals surface area contributed by atoms with Crippen molar-refractivity contribution in [3.8, 4) is 5.75 Å². The van der Waals surface area contributed by atoms with Gasteiger partial charge in [0.15, 0.2) is 6.10 Å². The number of aryl methyl sites for hydroxylation is 2. The van der Waals surface area contributed by atoms with E-state index in [1.807, 2.05) is 32.0 Å². The zero-order valence-corrected chi connectivity index (χ0v) is 16.5. The third kappa shape index (κ3) is 5.32. The fraction of sp³-hybridized carbons (Fsp3) is 0.250. The fourth-order valence-corrected chi connectivity index (χ4v) is 2.92. The van der Waals surface area contributed by atoms with Crippen LogP contribution in [-0.2, 0) is 4.79 Å². The summed E-state index contributed by atoms with van der Waals surface area (Å²) < 4.78 is 24.1. The van der Waals surface area contributed by atoms with E-state index in [0.29, 0.717) is 5.75 Å². The maximum atomic E-state index is 12.9. The van der Waals surface area contributed by atoms with Crippen molar-refractivity contribution in [2.24, 2.45) is 0 Å². The first-order valence-electron chi connectivity index (χ1n) is 8.66. The number of halogens is 1. The Morgan fingerprint density at radius 1 is 1.18 bits per heavy atom. The van der Waals surface area contributed by atoms with Crippen molar-refractivity contribution in [3.05, 3.63) is 65.3 Å². The van der Waals surface area contributed by atoms with E-state index < -0.39 is 6.10 Å². The van der Waals surface area contributed by atoms with E-state index in [2.05, 4.69) is 15.5 Å². The molecule has 3 aromatic rings. The van der Waals surface area contributed by atoms with Crippen LogP contribution in [0.2, 0.25) is 0 Å². The van der Waals surface area contributed by atoms with Crippen LogP contribution in [0.5, 0.6) is 5.75 Å². The Kier molecular flexibility index (Phi) is 6.30. The summed E-state index contributed by atoms with van der Waals surface area (Å²) in [6, 6.07) is 11.4. The quantitative estimate of drug-likeness (QED) is 0.579. The Balaban J connectivity index is 1.51. The van der Waals surface area contributed by atoms with Crippen LogP contribution in [-0.4, -0.2) is 21.9 Å². The molecule has 3 rings (SSSR count). The summed E-state index contributed by atoms with van der Waals surface area (Å²) in [7, 11) is 0. The van der Waals surface area contributed by atoms with Gasteiger partial charge in [0.1, 0.15) is 11.6 Å². The number of amides is 1. The lowest BCUT2D eigenvalue weighted by Crippen LogP contribution is -2.14. The predicted octanol–water partition coefficient (Wildman–Crippen LogP) is 4.70. The molecule has 0 saturated carbocycles. The number of thioether (sulfide) groups is 1. The average molecular weight is 401 g/mol. The van der Waals surface area contributed by atoms with Gasteiger partial charge in [-0.2, -0.15) is 0 Å². The van der Waals surface area contributed by atoms with Gasteiger partial charge in [-0.05, 0) is 68.3 Å². The van der Waals surface area contributed by atoms with Crippen LogP contribution in [0.1, 0.15) is 30.0 Å². The van der Waals surface area contributed by atoms with Crippen LogP contribution < -0.4 is 10.1 Å². The highest BCUT2D eigenvalue weighted by Crippen LogP contribution is 2.24. The number of rotatable bonds is 7. The first kappa shape index (κ1) is 19.9. The van der Waals surface area contributed by atoms with E-state index >= 15 is 0 Å². The van der Waals surface area contributed by atoms with E-state index in [1.165, 1.54) is 29.8 Å². The molecule has 0 bridgehead atoms. The molecule has 0 radical (unpaired) electrons. The van der Waals surface area contributed by atoms with Gasteiger partial charge in [0.2, 0.25) is 5.91 Å². The van der Waals surface area contributed by atoms with Crippen molar-refractivity contribution in [1.82, 2.24) is 10.2 Å². The fourth-order valence-electron chi connectivity index (χ4n) is 2.35. The van der Waals surface area contributed by atoms with E-state index in [4.69, 9.17) is 9.15 Å². The molecule has 1 heterocycles. The molecule has 8 heteroatoms. The Hall–Kier alpha value is -2.87. The molecule has 0 fully saturated rings. The first-order valence-corrected chi connectivity index (χ1v) is 9.65. The second kappa shape index (κ2) is 8.88. The van der Waals surface area contributed by atoms with E-state index in [-0.39, 0.29) is 28.6 Å². The summed E-state index contributed by atoms with van der Waals surface area (Å²) in [6.07, 6.45) is -0.503. The maximum Gasteiger partial charge on any atom is 0.277 e. The normalized spacial score (nSPS) is 11.9. The molecule has 0 aliphatic carbocycles. The van der Waals surface area contributed by atoms with Gasteiger partial charge in [0.25, 0.3) is 11.1 Å².